The zero-order valence-electron chi connectivity index (χ0n) is 26.4. The van der Waals surface area contributed by atoms with Crippen molar-refractivity contribution in [1.29, 1.82) is 0 Å². The first-order valence-electron chi connectivity index (χ1n) is 16.5. The second kappa shape index (κ2) is 10.8. The van der Waals surface area contributed by atoms with Crippen LogP contribution in [-0.2, 0) is 0 Å². The molecular weight excluding hydrogens is 602 g/mol. The Morgan fingerprint density at radius 3 is 1.69 bits per heavy atom. The molecule has 0 N–H and O–H groups in total. The minimum absolute atomic E-state index is 0.230. The Hall–Kier alpha value is -6.52. The van der Waals surface area contributed by atoms with Crippen LogP contribution in [0.2, 0.25) is 0 Å². The first kappa shape index (κ1) is 27.6. The summed E-state index contributed by atoms with van der Waals surface area (Å²) in [7, 11) is 0. The summed E-state index contributed by atoms with van der Waals surface area (Å²) < 4.78 is 18.4. The van der Waals surface area contributed by atoms with Crippen molar-refractivity contribution in [2.45, 2.75) is 0 Å². The standard InChI is InChI=1S/C45H28FN3/c46-34-22-19-29-25-33(18-17-30(29)26-34)40-13-8-16-45(47-40)49-42-15-7-5-12-37(42)39-28-32(21-24-44(39)49)31-20-23-43-38(27-31)36-11-4-6-14-41(36)48(43)35-9-2-1-3-10-35/h1-28H. The molecule has 0 amide bonds. The van der Waals surface area contributed by atoms with Gasteiger partial charge in [-0.3, -0.25) is 4.57 Å². The van der Waals surface area contributed by atoms with Crippen molar-refractivity contribution in [3.63, 3.8) is 0 Å². The number of rotatable bonds is 4. The van der Waals surface area contributed by atoms with Crippen molar-refractivity contribution in [3.05, 3.63) is 176 Å². The average molecular weight is 630 g/mol. The number of fused-ring (bicyclic) bond motifs is 7. The van der Waals surface area contributed by atoms with Gasteiger partial charge in [-0.25, -0.2) is 9.37 Å². The fourth-order valence-electron chi connectivity index (χ4n) is 7.49. The zero-order chi connectivity index (χ0) is 32.5. The Balaban J connectivity index is 1.12. The van der Waals surface area contributed by atoms with Gasteiger partial charge in [-0.05, 0) is 101 Å². The lowest BCUT2D eigenvalue weighted by atomic mass is 10.0. The molecule has 10 rings (SSSR count). The predicted octanol–water partition coefficient (Wildman–Crippen LogP) is 11.9. The molecule has 0 spiro atoms. The van der Waals surface area contributed by atoms with Crippen molar-refractivity contribution >= 4 is 54.4 Å². The van der Waals surface area contributed by atoms with E-state index < -0.39 is 0 Å². The van der Waals surface area contributed by atoms with Crippen molar-refractivity contribution < 1.29 is 4.39 Å². The second-order valence-corrected chi connectivity index (χ2v) is 12.6. The van der Waals surface area contributed by atoms with Crippen LogP contribution in [0.25, 0.3) is 88.3 Å². The highest BCUT2D eigenvalue weighted by Crippen LogP contribution is 2.38. The molecule has 0 aliphatic carbocycles. The molecule has 0 fully saturated rings. The first-order valence-corrected chi connectivity index (χ1v) is 16.5. The number of pyridine rings is 1. The molecule has 49 heavy (non-hydrogen) atoms. The summed E-state index contributed by atoms with van der Waals surface area (Å²) >= 11 is 0. The average Bonchev–Trinajstić information content (AvgIpc) is 3.67. The van der Waals surface area contributed by atoms with Crippen molar-refractivity contribution in [2.75, 3.05) is 0 Å². The largest absolute Gasteiger partial charge is 0.309 e. The first-order chi connectivity index (χ1) is 24.2. The van der Waals surface area contributed by atoms with E-state index in [1.54, 1.807) is 6.07 Å². The predicted molar refractivity (Wildman–Crippen MR) is 201 cm³/mol. The summed E-state index contributed by atoms with van der Waals surface area (Å²) in [5, 5.41) is 6.70. The summed E-state index contributed by atoms with van der Waals surface area (Å²) in [5.74, 6) is 0.622. The van der Waals surface area contributed by atoms with Crippen LogP contribution in [0.4, 0.5) is 4.39 Å². The van der Waals surface area contributed by atoms with Crippen LogP contribution in [0.1, 0.15) is 0 Å². The lowest BCUT2D eigenvalue weighted by Gasteiger charge is -2.10. The van der Waals surface area contributed by atoms with Gasteiger partial charge in [0.15, 0.2) is 0 Å². The Morgan fingerprint density at radius 1 is 0.388 bits per heavy atom. The smallest absolute Gasteiger partial charge is 0.138 e. The van der Waals surface area contributed by atoms with E-state index in [9.17, 15) is 4.39 Å². The molecule has 3 aromatic heterocycles. The molecule has 0 atom stereocenters. The highest BCUT2D eigenvalue weighted by atomic mass is 19.1. The Morgan fingerprint density at radius 2 is 0.959 bits per heavy atom. The van der Waals surface area contributed by atoms with E-state index >= 15 is 0 Å². The van der Waals surface area contributed by atoms with Gasteiger partial charge in [0.2, 0.25) is 0 Å². The molecule has 0 unspecified atom stereocenters. The fourth-order valence-corrected chi connectivity index (χ4v) is 7.49. The van der Waals surface area contributed by atoms with E-state index in [1.165, 1.54) is 49.8 Å². The van der Waals surface area contributed by atoms with Crippen molar-refractivity contribution in [1.82, 2.24) is 14.1 Å². The Labute approximate surface area is 281 Å². The second-order valence-electron chi connectivity index (χ2n) is 12.6. The maximum atomic E-state index is 13.8. The van der Waals surface area contributed by atoms with E-state index in [0.29, 0.717) is 0 Å². The number of nitrogens with zero attached hydrogens (tertiary/aromatic N) is 3. The van der Waals surface area contributed by atoms with Crippen LogP contribution >= 0.6 is 0 Å². The molecule has 0 aliphatic rings. The van der Waals surface area contributed by atoms with Gasteiger partial charge in [0.05, 0.1) is 27.8 Å². The third-order valence-corrected chi connectivity index (χ3v) is 9.75. The van der Waals surface area contributed by atoms with Gasteiger partial charge in [0.1, 0.15) is 11.6 Å². The molecule has 0 aliphatic heterocycles. The maximum Gasteiger partial charge on any atom is 0.138 e. The van der Waals surface area contributed by atoms with Crippen molar-refractivity contribution in [3.8, 4) is 33.9 Å². The third-order valence-electron chi connectivity index (χ3n) is 9.75. The Bertz CT molecular complexity index is 2900. The number of halogens is 1. The fraction of sp³-hybridized carbons (Fsp3) is 0. The van der Waals surface area contributed by atoms with Gasteiger partial charge in [0, 0.05) is 32.8 Å². The summed E-state index contributed by atoms with van der Waals surface area (Å²) in [6.07, 6.45) is 0. The minimum atomic E-state index is -0.230. The maximum absolute atomic E-state index is 13.8. The lowest BCUT2D eigenvalue weighted by molar-refractivity contribution is 0.630. The number of benzene rings is 7. The van der Waals surface area contributed by atoms with Gasteiger partial charge in [-0.1, -0.05) is 91.0 Å². The van der Waals surface area contributed by atoms with E-state index in [1.807, 2.05) is 24.3 Å². The van der Waals surface area contributed by atoms with E-state index in [2.05, 4.69) is 143 Å². The normalized spacial score (nSPS) is 11.8. The highest BCUT2D eigenvalue weighted by Gasteiger charge is 2.17. The molecule has 0 saturated heterocycles. The van der Waals surface area contributed by atoms with Gasteiger partial charge >= 0.3 is 0 Å². The van der Waals surface area contributed by atoms with Gasteiger partial charge in [0.25, 0.3) is 0 Å². The topological polar surface area (TPSA) is 22.8 Å². The molecule has 0 radical (unpaired) electrons. The van der Waals surface area contributed by atoms with E-state index in [4.69, 9.17) is 4.98 Å². The molecule has 10 aromatic rings. The minimum Gasteiger partial charge on any atom is -0.309 e. The molecule has 230 valence electrons. The third kappa shape index (κ3) is 4.38. The molecule has 7 aromatic carbocycles. The van der Waals surface area contributed by atoms with Crippen LogP contribution < -0.4 is 0 Å². The molecule has 3 heterocycles. The molecule has 4 heteroatoms. The SMILES string of the molecule is Fc1ccc2cc(-c3cccc(-n4c5ccccc5c5cc(-c6ccc7c(c6)c6ccccc6n7-c6ccccc6)ccc54)n3)ccc2c1. The quantitative estimate of drug-likeness (QED) is 0.190. The molecule has 0 bridgehead atoms. The van der Waals surface area contributed by atoms with E-state index in [-0.39, 0.29) is 5.82 Å². The monoisotopic (exact) mass is 629 g/mol. The number of aromatic nitrogens is 3. The molecular formula is C45H28FN3. The number of hydrogen-bond acceptors (Lipinski definition) is 1. The number of para-hydroxylation sites is 3. The van der Waals surface area contributed by atoms with Gasteiger partial charge in [-0.15, -0.1) is 0 Å². The van der Waals surface area contributed by atoms with Gasteiger partial charge < -0.3 is 4.57 Å². The van der Waals surface area contributed by atoms with E-state index in [0.717, 1.165) is 44.6 Å². The van der Waals surface area contributed by atoms with Crippen LogP contribution in [0.15, 0.2) is 170 Å². The zero-order valence-corrected chi connectivity index (χ0v) is 26.4. The van der Waals surface area contributed by atoms with Crippen LogP contribution in [0, 0.1) is 5.82 Å². The van der Waals surface area contributed by atoms with Gasteiger partial charge in [-0.2, -0.15) is 0 Å². The van der Waals surface area contributed by atoms with Crippen LogP contribution in [0.5, 0.6) is 0 Å². The summed E-state index contributed by atoms with van der Waals surface area (Å²) in [5.41, 5.74) is 9.97. The Kier molecular flexibility index (Phi) is 6.06. The lowest BCUT2D eigenvalue weighted by Crippen LogP contribution is -1.98. The molecule has 3 nitrogen and oxygen atoms in total. The molecule has 0 saturated carbocycles. The van der Waals surface area contributed by atoms with Crippen molar-refractivity contribution in [2.24, 2.45) is 0 Å². The highest BCUT2D eigenvalue weighted by molar-refractivity contribution is 6.12. The van der Waals surface area contributed by atoms with Crippen LogP contribution in [-0.4, -0.2) is 14.1 Å². The summed E-state index contributed by atoms with van der Waals surface area (Å²) in [4.78, 5) is 5.17. The number of hydrogen-bond donors (Lipinski definition) is 0. The summed E-state index contributed by atoms with van der Waals surface area (Å²) in [6, 6.07) is 58.5. The summed E-state index contributed by atoms with van der Waals surface area (Å²) in [6.45, 7) is 0. The van der Waals surface area contributed by atoms with Crippen LogP contribution in [0.3, 0.4) is 0 Å².